The van der Waals surface area contributed by atoms with Crippen LogP contribution in [0.1, 0.15) is 38.0 Å². The molecular weight excluding hydrogens is 316 g/mol. The minimum absolute atomic E-state index is 0.0769. The largest absolute Gasteiger partial charge is 0.441 e. The molecule has 2 aromatic rings. The van der Waals surface area contributed by atoms with E-state index in [9.17, 15) is 4.79 Å². The molecule has 1 amide bonds. The van der Waals surface area contributed by atoms with Crippen LogP contribution in [0.5, 0.6) is 0 Å². The number of anilines is 1. The van der Waals surface area contributed by atoms with Gasteiger partial charge in [-0.3, -0.25) is 4.79 Å². The lowest BCUT2D eigenvalue weighted by Gasteiger charge is -2.07. The van der Waals surface area contributed by atoms with E-state index in [1.165, 1.54) is 18.6 Å². The molecule has 2 heterocycles. The Hall–Kier alpha value is -1.14. The zero-order valence-corrected chi connectivity index (χ0v) is 14.3. The zero-order chi connectivity index (χ0) is 15.4. The number of rotatable bonds is 6. The van der Waals surface area contributed by atoms with E-state index >= 15 is 0 Å². The van der Waals surface area contributed by atoms with Crippen LogP contribution < -0.4 is 5.32 Å². The van der Waals surface area contributed by atoms with E-state index < -0.39 is 0 Å². The first-order chi connectivity index (χ1) is 10.7. The highest BCUT2D eigenvalue weighted by molar-refractivity contribution is 8.77. The molecule has 1 aliphatic heterocycles. The predicted molar refractivity (Wildman–Crippen MR) is 94.3 cm³/mol. The van der Waals surface area contributed by atoms with Crippen LogP contribution in [0.3, 0.4) is 0 Å². The van der Waals surface area contributed by atoms with Crippen molar-refractivity contribution in [2.45, 2.75) is 44.3 Å². The first kappa shape index (κ1) is 15.7. The molecule has 1 saturated heterocycles. The predicted octanol–water partition coefficient (Wildman–Crippen LogP) is 4.79. The molecule has 1 N–H and O–H groups in total. The Morgan fingerprint density at radius 2 is 2.36 bits per heavy atom. The van der Waals surface area contributed by atoms with Crippen LogP contribution in [-0.2, 0) is 4.79 Å². The number of fused-ring (bicyclic) bond motifs is 1. The van der Waals surface area contributed by atoms with Crippen LogP contribution in [-0.4, -0.2) is 21.9 Å². The lowest BCUT2D eigenvalue weighted by molar-refractivity contribution is -0.116. The zero-order valence-electron chi connectivity index (χ0n) is 12.6. The maximum atomic E-state index is 12.0. The quantitative estimate of drug-likeness (QED) is 0.607. The Morgan fingerprint density at radius 3 is 3.18 bits per heavy atom. The number of amides is 1. The van der Waals surface area contributed by atoms with Gasteiger partial charge >= 0.3 is 0 Å². The number of carbonyl (C=O) groups is 1. The second-order valence-corrected chi connectivity index (χ2v) is 8.33. The monoisotopic (exact) mass is 336 g/mol. The number of carbonyl (C=O) groups excluding carboxylic acids is 1. The summed E-state index contributed by atoms with van der Waals surface area (Å²) in [7, 11) is 3.98. The van der Waals surface area contributed by atoms with Gasteiger partial charge in [-0.15, -0.1) is 0 Å². The van der Waals surface area contributed by atoms with Gasteiger partial charge in [0, 0.05) is 30.0 Å². The Kier molecular flexibility index (Phi) is 5.31. The minimum Gasteiger partial charge on any atom is -0.441 e. The molecule has 0 spiro atoms. The van der Waals surface area contributed by atoms with Crippen LogP contribution >= 0.6 is 21.6 Å². The maximum Gasteiger partial charge on any atom is 0.224 e. The molecule has 0 aliphatic carbocycles. The average Bonchev–Trinajstić information content (AvgIpc) is 3.11. The molecule has 0 saturated carbocycles. The summed E-state index contributed by atoms with van der Waals surface area (Å²) in [6.07, 6.45) is 5.22. The van der Waals surface area contributed by atoms with Crippen LogP contribution in [0.4, 0.5) is 5.69 Å². The van der Waals surface area contributed by atoms with Crippen molar-refractivity contribution >= 4 is 44.3 Å². The molecule has 22 heavy (non-hydrogen) atoms. The summed E-state index contributed by atoms with van der Waals surface area (Å²) >= 11 is 0. The van der Waals surface area contributed by atoms with E-state index in [4.69, 9.17) is 4.42 Å². The van der Waals surface area contributed by atoms with Crippen molar-refractivity contribution in [3.8, 4) is 0 Å². The van der Waals surface area contributed by atoms with Gasteiger partial charge in [-0.05, 0) is 37.5 Å². The van der Waals surface area contributed by atoms with Crippen LogP contribution in [0.25, 0.3) is 11.1 Å². The van der Waals surface area contributed by atoms with Crippen LogP contribution in [0.2, 0.25) is 0 Å². The highest BCUT2D eigenvalue weighted by Crippen LogP contribution is 2.39. The highest BCUT2D eigenvalue weighted by atomic mass is 33.1. The number of aryl methyl sites for hydroxylation is 1. The molecule has 1 atom stereocenters. The third-order valence-electron chi connectivity index (χ3n) is 3.69. The molecular formula is C16H20N2O2S2. The lowest BCUT2D eigenvalue weighted by atomic mass is 10.1. The van der Waals surface area contributed by atoms with Crippen molar-refractivity contribution in [2.24, 2.45) is 0 Å². The normalized spacial score (nSPS) is 18.0. The fraction of sp³-hybridized carbons (Fsp3) is 0.500. The van der Waals surface area contributed by atoms with Crippen molar-refractivity contribution in [3.63, 3.8) is 0 Å². The molecule has 1 aromatic carbocycles. The van der Waals surface area contributed by atoms with Gasteiger partial charge in [0.25, 0.3) is 0 Å². The van der Waals surface area contributed by atoms with Crippen LogP contribution in [0, 0.1) is 6.92 Å². The molecule has 4 nitrogen and oxygen atoms in total. The first-order valence-corrected chi connectivity index (χ1v) is 10.0. The SMILES string of the molecule is Cc1nc2cc(NC(=O)CCCC[C@@H]3CCSS3)ccc2o1. The minimum atomic E-state index is 0.0769. The van der Waals surface area contributed by atoms with Crippen molar-refractivity contribution < 1.29 is 9.21 Å². The van der Waals surface area contributed by atoms with Gasteiger partial charge in [0.05, 0.1) is 0 Å². The van der Waals surface area contributed by atoms with Crippen molar-refractivity contribution in [2.75, 3.05) is 11.1 Å². The fourth-order valence-electron chi connectivity index (χ4n) is 2.57. The number of nitrogens with zero attached hydrogens (tertiary/aromatic N) is 1. The molecule has 1 aromatic heterocycles. The van der Waals surface area contributed by atoms with Gasteiger partial charge in [0.15, 0.2) is 11.5 Å². The molecule has 0 unspecified atom stereocenters. The number of hydrogen-bond acceptors (Lipinski definition) is 5. The van der Waals surface area contributed by atoms with Gasteiger partial charge < -0.3 is 9.73 Å². The van der Waals surface area contributed by atoms with Crippen molar-refractivity contribution in [1.29, 1.82) is 0 Å². The average molecular weight is 336 g/mol. The summed E-state index contributed by atoms with van der Waals surface area (Å²) in [4.78, 5) is 16.3. The lowest BCUT2D eigenvalue weighted by Crippen LogP contribution is -2.11. The topological polar surface area (TPSA) is 55.1 Å². The van der Waals surface area contributed by atoms with E-state index in [0.717, 1.165) is 34.9 Å². The van der Waals surface area contributed by atoms with E-state index in [-0.39, 0.29) is 5.91 Å². The van der Waals surface area contributed by atoms with E-state index in [2.05, 4.69) is 10.3 Å². The number of hydrogen-bond donors (Lipinski definition) is 1. The molecule has 3 rings (SSSR count). The summed E-state index contributed by atoms with van der Waals surface area (Å²) in [5.74, 6) is 1.99. The van der Waals surface area contributed by atoms with Gasteiger partial charge in [0.2, 0.25) is 5.91 Å². The smallest absolute Gasteiger partial charge is 0.224 e. The second-order valence-electron chi connectivity index (χ2n) is 5.54. The standard InChI is InChI=1S/C16H20N2O2S2/c1-11-17-14-10-12(6-7-15(14)20-11)18-16(19)5-3-2-4-13-8-9-21-22-13/h6-7,10,13H,2-5,8-9H2,1H3,(H,18,19)/t13-/m1/s1. The Bertz CT molecular complexity index is 651. The summed E-state index contributed by atoms with van der Waals surface area (Å²) in [5, 5.41) is 3.74. The van der Waals surface area contributed by atoms with Crippen molar-refractivity contribution in [1.82, 2.24) is 4.98 Å². The fourth-order valence-corrected chi connectivity index (χ4v) is 5.59. The number of oxazole rings is 1. The summed E-state index contributed by atoms with van der Waals surface area (Å²) in [5.41, 5.74) is 2.32. The number of unbranched alkanes of at least 4 members (excludes halogenated alkanes) is 1. The number of nitrogens with one attached hydrogen (secondary N) is 1. The molecule has 1 fully saturated rings. The van der Waals surface area contributed by atoms with E-state index in [1.54, 1.807) is 0 Å². The Morgan fingerprint density at radius 1 is 1.45 bits per heavy atom. The molecule has 0 radical (unpaired) electrons. The van der Waals surface area contributed by atoms with Gasteiger partial charge in [-0.25, -0.2) is 4.98 Å². The molecule has 0 bridgehead atoms. The summed E-state index contributed by atoms with van der Waals surface area (Å²) in [6, 6.07) is 5.56. The van der Waals surface area contributed by atoms with Crippen LogP contribution in [0.15, 0.2) is 22.6 Å². The molecule has 6 heteroatoms. The number of benzene rings is 1. The molecule has 118 valence electrons. The van der Waals surface area contributed by atoms with Gasteiger partial charge in [-0.1, -0.05) is 28.0 Å². The summed E-state index contributed by atoms with van der Waals surface area (Å²) < 4.78 is 5.43. The van der Waals surface area contributed by atoms with E-state index in [1.807, 2.05) is 46.7 Å². The third-order valence-corrected chi connectivity index (χ3v) is 6.69. The third kappa shape index (κ3) is 4.20. The second kappa shape index (κ2) is 7.42. The van der Waals surface area contributed by atoms with Crippen molar-refractivity contribution in [3.05, 3.63) is 24.1 Å². The maximum absolute atomic E-state index is 12.0. The summed E-state index contributed by atoms with van der Waals surface area (Å²) in [6.45, 7) is 1.82. The first-order valence-electron chi connectivity index (χ1n) is 7.66. The van der Waals surface area contributed by atoms with E-state index in [0.29, 0.717) is 12.3 Å². The number of aromatic nitrogens is 1. The molecule has 1 aliphatic rings. The Labute approximate surface area is 138 Å². The highest BCUT2D eigenvalue weighted by Gasteiger charge is 2.15. The Balaban J connectivity index is 1.43. The van der Waals surface area contributed by atoms with Gasteiger partial charge in [0.1, 0.15) is 5.52 Å². The van der Waals surface area contributed by atoms with Gasteiger partial charge in [-0.2, -0.15) is 0 Å².